The van der Waals surface area contributed by atoms with Gasteiger partial charge in [0, 0.05) is 18.3 Å². The van der Waals surface area contributed by atoms with E-state index < -0.39 is 0 Å². The second-order valence-electron chi connectivity index (χ2n) is 6.83. The van der Waals surface area contributed by atoms with Gasteiger partial charge in [0.15, 0.2) is 0 Å². The molecule has 1 atom stereocenters. The van der Waals surface area contributed by atoms with E-state index in [4.69, 9.17) is 4.74 Å². The third kappa shape index (κ3) is 4.90. The molecule has 1 amide bonds. The molecule has 4 nitrogen and oxygen atoms in total. The highest BCUT2D eigenvalue weighted by Gasteiger charge is 2.27. The summed E-state index contributed by atoms with van der Waals surface area (Å²) in [4.78, 5) is 14.8. The smallest absolute Gasteiger partial charge is 0.224 e. The molecule has 0 unspecified atom stereocenters. The second-order valence-corrected chi connectivity index (χ2v) is 7.98. The van der Waals surface area contributed by atoms with Crippen LogP contribution in [0.25, 0.3) is 0 Å². The van der Waals surface area contributed by atoms with Crippen LogP contribution in [0.1, 0.15) is 24.8 Å². The molecular weight excluding hydrogens is 320 g/mol. The molecule has 2 aliphatic rings. The van der Waals surface area contributed by atoms with E-state index in [2.05, 4.69) is 22.0 Å². The van der Waals surface area contributed by atoms with Crippen molar-refractivity contribution in [1.82, 2.24) is 10.2 Å². The summed E-state index contributed by atoms with van der Waals surface area (Å²) in [6.45, 7) is 3.21. The van der Waals surface area contributed by atoms with E-state index in [0.29, 0.717) is 12.3 Å². The average molecular weight is 349 g/mol. The lowest BCUT2D eigenvalue weighted by molar-refractivity contribution is -0.120. The summed E-state index contributed by atoms with van der Waals surface area (Å²) < 4.78 is 5.21. The van der Waals surface area contributed by atoms with Crippen LogP contribution in [-0.4, -0.2) is 55.1 Å². The van der Waals surface area contributed by atoms with Gasteiger partial charge in [-0.15, -0.1) is 0 Å². The molecule has 0 bridgehead atoms. The molecule has 2 aliphatic heterocycles. The molecule has 0 saturated carbocycles. The van der Waals surface area contributed by atoms with Crippen molar-refractivity contribution in [2.75, 3.05) is 38.2 Å². The number of nitrogens with zero attached hydrogens (tertiary/aromatic N) is 1. The SMILES string of the molecule is COc1cccc(CC(=O)NCC2CCN([C@@H]3CCSC3)CC2)c1. The summed E-state index contributed by atoms with van der Waals surface area (Å²) >= 11 is 2.09. The van der Waals surface area contributed by atoms with Crippen molar-refractivity contribution < 1.29 is 9.53 Å². The average Bonchev–Trinajstić information content (AvgIpc) is 3.15. The molecule has 2 heterocycles. The maximum atomic E-state index is 12.2. The highest BCUT2D eigenvalue weighted by Crippen LogP contribution is 2.26. The van der Waals surface area contributed by atoms with Gasteiger partial charge in [-0.1, -0.05) is 12.1 Å². The fourth-order valence-corrected chi connectivity index (χ4v) is 4.88. The van der Waals surface area contributed by atoms with E-state index in [1.807, 2.05) is 24.3 Å². The Kier molecular flexibility index (Phi) is 6.44. The molecule has 5 heteroatoms. The predicted octanol–water partition coefficient (Wildman–Crippen LogP) is 2.57. The first-order valence-corrected chi connectivity index (χ1v) is 10.1. The van der Waals surface area contributed by atoms with Gasteiger partial charge >= 0.3 is 0 Å². The van der Waals surface area contributed by atoms with Crippen LogP contribution in [0.5, 0.6) is 5.75 Å². The van der Waals surface area contributed by atoms with Gasteiger partial charge in [-0.3, -0.25) is 9.69 Å². The molecule has 24 heavy (non-hydrogen) atoms. The minimum absolute atomic E-state index is 0.109. The molecule has 0 radical (unpaired) electrons. The number of nitrogens with one attached hydrogen (secondary N) is 1. The summed E-state index contributed by atoms with van der Waals surface area (Å²) in [5.74, 6) is 4.17. The van der Waals surface area contributed by atoms with Gasteiger partial charge < -0.3 is 10.1 Å². The maximum absolute atomic E-state index is 12.2. The molecule has 1 aromatic rings. The highest BCUT2D eigenvalue weighted by atomic mass is 32.2. The molecule has 0 spiro atoms. The summed E-state index contributed by atoms with van der Waals surface area (Å²) in [5.41, 5.74) is 1.00. The second kappa shape index (κ2) is 8.77. The number of benzene rings is 1. The lowest BCUT2D eigenvalue weighted by Gasteiger charge is -2.35. The summed E-state index contributed by atoms with van der Waals surface area (Å²) in [6.07, 6.45) is 4.20. The van der Waals surface area contributed by atoms with Crippen molar-refractivity contribution in [2.24, 2.45) is 5.92 Å². The Balaban J connectivity index is 1.37. The number of piperidine rings is 1. The highest BCUT2D eigenvalue weighted by molar-refractivity contribution is 7.99. The van der Waals surface area contributed by atoms with Gasteiger partial charge in [0.2, 0.25) is 5.91 Å². The van der Waals surface area contributed by atoms with Crippen LogP contribution in [0.2, 0.25) is 0 Å². The van der Waals surface area contributed by atoms with Crippen LogP contribution in [0.15, 0.2) is 24.3 Å². The summed E-state index contributed by atoms with van der Waals surface area (Å²) in [5, 5.41) is 3.12. The number of likely N-dealkylation sites (tertiary alicyclic amines) is 1. The van der Waals surface area contributed by atoms with Crippen LogP contribution in [0, 0.1) is 5.92 Å². The third-order valence-corrected chi connectivity index (χ3v) is 6.30. The van der Waals surface area contributed by atoms with Crippen molar-refractivity contribution in [3.63, 3.8) is 0 Å². The number of methoxy groups -OCH3 is 1. The summed E-state index contributed by atoms with van der Waals surface area (Å²) in [6, 6.07) is 8.53. The number of ether oxygens (including phenoxy) is 1. The Hall–Kier alpha value is -1.20. The zero-order valence-corrected chi connectivity index (χ0v) is 15.3. The topological polar surface area (TPSA) is 41.6 Å². The normalized spacial score (nSPS) is 22.5. The first kappa shape index (κ1) is 17.6. The zero-order chi connectivity index (χ0) is 16.8. The van der Waals surface area contributed by atoms with Crippen molar-refractivity contribution in [3.05, 3.63) is 29.8 Å². The van der Waals surface area contributed by atoms with Crippen LogP contribution < -0.4 is 10.1 Å². The number of carbonyl (C=O) groups is 1. The minimum Gasteiger partial charge on any atom is -0.497 e. The quantitative estimate of drug-likeness (QED) is 0.858. The molecule has 1 aromatic carbocycles. The summed E-state index contributed by atoms with van der Waals surface area (Å²) in [7, 11) is 1.65. The van der Waals surface area contributed by atoms with Crippen LogP contribution in [-0.2, 0) is 11.2 Å². The molecule has 2 saturated heterocycles. The zero-order valence-electron chi connectivity index (χ0n) is 14.5. The van der Waals surface area contributed by atoms with Gasteiger partial charge in [-0.25, -0.2) is 0 Å². The Morgan fingerprint density at radius 3 is 2.88 bits per heavy atom. The molecular formula is C19H28N2O2S. The predicted molar refractivity (Wildman–Crippen MR) is 99.7 cm³/mol. The van der Waals surface area contributed by atoms with Crippen LogP contribution in [0.3, 0.4) is 0 Å². The monoisotopic (exact) mass is 348 g/mol. The van der Waals surface area contributed by atoms with Gasteiger partial charge in [0.25, 0.3) is 0 Å². The molecule has 2 fully saturated rings. The van der Waals surface area contributed by atoms with Gasteiger partial charge in [0.05, 0.1) is 13.5 Å². The van der Waals surface area contributed by atoms with Gasteiger partial charge in [-0.05, 0) is 61.7 Å². The van der Waals surface area contributed by atoms with E-state index >= 15 is 0 Å². The molecule has 3 rings (SSSR count). The van der Waals surface area contributed by atoms with Crippen LogP contribution >= 0.6 is 11.8 Å². The lowest BCUT2D eigenvalue weighted by atomic mass is 9.95. The number of thioether (sulfide) groups is 1. The Morgan fingerprint density at radius 1 is 1.33 bits per heavy atom. The minimum atomic E-state index is 0.109. The number of carbonyl (C=O) groups excluding carboxylic acids is 1. The van der Waals surface area contributed by atoms with Crippen molar-refractivity contribution in [2.45, 2.75) is 31.7 Å². The van der Waals surface area contributed by atoms with E-state index in [0.717, 1.165) is 23.9 Å². The third-order valence-electron chi connectivity index (χ3n) is 5.16. The van der Waals surface area contributed by atoms with Gasteiger partial charge in [0.1, 0.15) is 5.75 Å². The van der Waals surface area contributed by atoms with Crippen molar-refractivity contribution in [1.29, 1.82) is 0 Å². The number of rotatable bonds is 6. The number of hydrogen-bond donors (Lipinski definition) is 1. The Bertz CT molecular complexity index is 538. The maximum Gasteiger partial charge on any atom is 0.224 e. The fourth-order valence-electron chi connectivity index (χ4n) is 3.62. The largest absolute Gasteiger partial charge is 0.497 e. The first-order chi connectivity index (χ1) is 11.7. The van der Waals surface area contributed by atoms with E-state index in [-0.39, 0.29) is 5.91 Å². The number of hydrogen-bond acceptors (Lipinski definition) is 4. The molecule has 0 aromatic heterocycles. The molecule has 0 aliphatic carbocycles. The van der Waals surface area contributed by atoms with Crippen molar-refractivity contribution >= 4 is 17.7 Å². The van der Waals surface area contributed by atoms with E-state index in [1.165, 1.54) is 43.9 Å². The van der Waals surface area contributed by atoms with Crippen LogP contribution in [0.4, 0.5) is 0 Å². The Labute approximate surface area is 149 Å². The first-order valence-electron chi connectivity index (χ1n) is 8.96. The van der Waals surface area contributed by atoms with E-state index in [9.17, 15) is 4.79 Å². The molecule has 1 N–H and O–H groups in total. The lowest BCUT2D eigenvalue weighted by Crippen LogP contribution is -2.43. The van der Waals surface area contributed by atoms with E-state index in [1.54, 1.807) is 7.11 Å². The number of amides is 1. The standard InChI is InChI=1S/C19H28N2O2S/c1-23-18-4-2-3-16(11-18)12-19(22)20-13-15-5-8-21(9-6-15)17-7-10-24-14-17/h2-4,11,15,17H,5-10,12-14H2,1H3,(H,20,22)/t17-/m1/s1. The Morgan fingerprint density at radius 2 is 2.17 bits per heavy atom. The molecule has 132 valence electrons. The fraction of sp³-hybridized carbons (Fsp3) is 0.632. The van der Waals surface area contributed by atoms with Gasteiger partial charge in [-0.2, -0.15) is 11.8 Å². The van der Waals surface area contributed by atoms with Crippen molar-refractivity contribution in [3.8, 4) is 5.75 Å².